The van der Waals surface area contributed by atoms with Crippen molar-refractivity contribution < 1.29 is 14.7 Å². The third kappa shape index (κ3) is 5.54. The molecule has 0 radical (unpaired) electrons. The average molecular weight is 272 g/mol. The molecule has 110 valence electrons. The fourth-order valence-corrected chi connectivity index (χ4v) is 2.23. The molecule has 0 saturated carbocycles. The second-order valence-corrected chi connectivity index (χ2v) is 4.93. The number of aliphatic carboxylic acids is 1. The van der Waals surface area contributed by atoms with Crippen LogP contribution in [0.5, 0.6) is 0 Å². The second-order valence-electron chi connectivity index (χ2n) is 4.93. The SMILES string of the molecule is NCCCC(NC1CCCCC(=O)N1)[C@H](N)C(=O)O. The molecule has 1 heterocycles. The summed E-state index contributed by atoms with van der Waals surface area (Å²) in [5.74, 6) is -1.05. The molecule has 7 heteroatoms. The maximum atomic E-state index is 11.5. The summed E-state index contributed by atoms with van der Waals surface area (Å²) in [5, 5.41) is 15.0. The molecule has 19 heavy (non-hydrogen) atoms. The summed E-state index contributed by atoms with van der Waals surface area (Å²) in [6.07, 6.45) is 4.18. The molecule has 0 aromatic rings. The van der Waals surface area contributed by atoms with Crippen LogP contribution in [0.4, 0.5) is 0 Å². The van der Waals surface area contributed by atoms with Crippen LogP contribution in [0.25, 0.3) is 0 Å². The summed E-state index contributed by atoms with van der Waals surface area (Å²) >= 11 is 0. The Hall–Kier alpha value is -1.18. The Balaban J connectivity index is 2.58. The predicted octanol–water partition coefficient (Wildman–Crippen LogP) is -0.888. The third-order valence-corrected chi connectivity index (χ3v) is 3.34. The van der Waals surface area contributed by atoms with Crippen LogP contribution in [0.15, 0.2) is 0 Å². The van der Waals surface area contributed by atoms with Crippen molar-refractivity contribution in [2.75, 3.05) is 6.54 Å². The molecule has 1 amide bonds. The Morgan fingerprint density at radius 3 is 2.89 bits per heavy atom. The standard InChI is InChI=1S/C12H24N4O3/c13-7-3-4-8(11(14)12(18)19)15-9-5-1-2-6-10(17)16-9/h8-9,11,15H,1-7,13-14H2,(H,16,17)(H,18,19)/t8?,9?,11-/m0/s1. The van der Waals surface area contributed by atoms with Crippen LogP contribution >= 0.6 is 0 Å². The number of carboxylic acid groups (broad SMARTS) is 1. The molecule has 7 nitrogen and oxygen atoms in total. The summed E-state index contributed by atoms with van der Waals surface area (Å²) in [5.41, 5.74) is 11.1. The maximum absolute atomic E-state index is 11.5. The Morgan fingerprint density at radius 1 is 1.53 bits per heavy atom. The van der Waals surface area contributed by atoms with Crippen LogP contribution in [0.1, 0.15) is 38.5 Å². The topological polar surface area (TPSA) is 130 Å². The van der Waals surface area contributed by atoms with Crippen LogP contribution < -0.4 is 22.1 Å². The van der Waals surface area contributed by atoms with Gasteiger partial charge in [0, 0.05) is 12.5 Å². The zero-order valence-corrected chi connectivity index (χ0v) is 11.1. The van der Waals surface area contributed by atoms with E-state index in [2.05, 4.69) is 10.6 Å². The number of carboxylic acids is 1. The molecule has 1 fully saturated rings. The lowest BCUT2D eigenvalue weighted by Gasteiger charge is -2.28. The van der Waals surface area contributed by atoms with Crippen molar-refractivity contribution in [3.05, 3.63) is 0 Å². The highest BCUT2D eigenvalue weighted by atomic mass is 16.4. The van der Waals surface area contributed by atoms with E-state index in [9.17, 15) is 9.59 Å². The van der Waals surface area contributed by atoms with E-state index in [1.165, 1.54) is 0 Å². The van der Waals surface area contributed by atoms with E-state index in [4.69, 9.17) is 16.6 Å². The smallest absolute Gasteiger partial charge is 0.322 e. The van der Waals surface area contributed by atoms with Gasteiger partial charge in [-0.2, -0.15) is 0 Å². The van der Waals surface area contributed by atoms with E-state index in [1.807, 2.05) is 0 Å². The largest absolute Gasteiger partial charge is 0.480 e. The van der Waals surface area contributed by atoms with Crippen molar-refractivity contribution in [1.82, 2.24) is 10.6 Å². The van der Waals surface area contributed by atoms with Gasteiger partial charge in [-0.1, -0.05) is 0 Å². The average Bonchev–Trinajstić information content (AvgIpc) is 2.57. The van der Waals surface area contributed by atoms with Crippen molar-refractivity contribution in [1.29, 1.82) is 0 Å². The van der Waals surface area contributed by atoms with Gasteiger partial charge in [-0.3, -0.25) is 14.9 Å². The summed E-state index contributed by atoms with van der Waals surface area (Å²) in [6, 6.07) is -1.38. The van der Waals surface area contributed by atoms with Crippen LogP contribution in [-0.2, 0) is 9.59 Å². The molecule has 1 rings (SSSR count). The summed E-state index contributed by atoms with van der Waals surface area (Å²) in [6.45, 7) is 0.488. The Morgan fingerprint density at radius 2 is 2.26 bits per heavy atom. The third-order valence-electron chi connectivity index (χ3n) is 3.34. The molecule has 1 saturated heterocycles. The molecular formula is C12H24N4O3. The minimum absolute atomic E-state index is 0.00327. The van der Waals surface area contributed by atoms with E-state index in [0.717, 1.165) is 19.3 Å². The number of hydrogen-bond acceptors (Lipinski definition) is 5. The van der Waals surface area contributed by atoms with E-state index in [1.54, 1.807) is 0 Å². The Bertz CT molecular complexity index is 311. The van der Waals surface area contributed by atoms with E-state index in [0.29, 0.717) is 25.8 Å². The van der Waals surface area contributed by atoms with Gasteiger partial charge in [0.15, 0.2) is 0 Å². The van der Waals surface area contributed by atoms with Gasteiger partial charge in [0.05, 0.1) is 6.17 Å². The Kier molecular flexibility index (Phi) is 6.75. The first-order chi connectivity index (χ1) is 9.04. The van der Waals surface area contributed by atoms with E-state index in [-0.39, 0.29) is 18.1 Å². The lowest BCUT2D eigenvalue weighted by Crippen LogP contribution is -2.57. The number of carbonyl (C=O) groups is 2. The predicted molar refractivity (Wildman–Crippen MR) is 71.2 cm³/mol. The maximum Gasteiger partial charge on any atom is 0.322 e. The monoisotopic (exact) mass is 272 g/mol. The number of hydrogen-bond donors (Lipinski definition) is 5. The van der Waals surface area contributed by atoms with Crippen molar-refractivity contribution in [3.8, 4) is 0 Å². The van der Waals surface area contributed by atoms with Gasteiger partial charge in [0.25, 0.3) is 0 Å². The molecule has 0 aromatic heterocycles. The van der Waals surface area contributed by atoms with Crippen molar-refractivity contribution in [2.24, 2.45) is 11.5 Å². The molecule has 0 spiro atoms. The van der Waals surface area contributed by atoms with Gasteiger partial charge >= 0.3 is 5.97 Å². The fourth-order valence-electron chi connectivity index (χ4n) is 2.23. The number of nitrogens with one attached hydrogen (secondary N) is 2. The first kappa shape index (κ1) is 15.9. The Labute approximate surface area is 113 Å². The fraction of sp³-hybridized carbons (Fsp3) is 0.833. The van der Waals surface area contributed by atoms with Gasteiger partial charge in [-0.25, -0.2) is 0 Å². The molecular weight excluding hydrogens is 248 g/mol. The van der Waals surface area contributed by atoms with Crippen molar-refractivity contribution in [3.63, 3.8) is 0 Å². The lowest BCUT2D eigenvalue weighted by atomic mass is 10.0. The molecule has 1 aliphatic heterocycles. The minimum Gasteiger partial charge on any atom is -0.480 e. The van der Waals surface area contributed by atoms with Gasteiger partial charge in [0.2, 0.25) is 5.91 Å². The van der Waals surface area contributed by atoms with Crippen LogP contribution in [0, 0.1) is 0 Å². The second kappa shape index (κ2) is 8.08. The highest BCUT2D eigenvalue weighted by molar-refractivity contribution is 5.76. The van der Waals surface area contributed by atoms with E-state index < -0.39 is 12.0 Å². The van der Waals surface area contributed by atoms with Gasteiger partial charge in [0.1, 0.15) is 6.04 Å². The van der Waals surface area contributed by atoms with Crippen LogP contribution in [-0.4, -0.2) is 41.8 Å². The minimum atomic E-state index is -1.05. The lowest BCUT2D eigenvalue weighted by molar-refractivity contribution is -0.139. The molecule has 0 bridgehead atoms. The summed E-state index contributed by atoms with van der Waals surface area (Å²) in [7, 11) is 0. The van der Waals surface area contributed by atoms with Crippen molar-refractivity contribution >= 4 is 11.9 Å². The summed E-state index contributed by atoms with van der Waals surface area (Å²) in [4.78, 5) is 22.5. The zero-order chi connectivity index (χ0) is 14.3. The van der Waals surface area contributed by atoms with E-state index >= 15 is 0 Å². The number of carbonyl (C=O) groups excluding carboxylic acids is 1. The van der Waals surface area contributed by atoms with Gasteiger partial charge in [-0.15, -0.1) is 0 Å². The highest BCUT2D eigenvalue weighted by Crippen LogP contribution is 2.10. The number of nitrogens with two attached hydrogens (primary N) is 2. The van der Waals surface area contributed by atoms with Crippen LogP contribution in [0.3, 0.4) is 0 Å². The molecule has 1 aliphatic rings. The molecule has 0 aliphatic carbocycles. The van der Waals surface area contributed by atoms with Crippen LogP contribution in [0.2, 0.25) is 0 Å². The first-order valence-corrected chi connectivity index (χ1v) is 6.78. The molecule has 0 aromatic carbocycles. The highest BCUT2D eigenvalue weighted by Gasteiger charge is 2.27. The van der Waals surface area contributed by atoms with Gasteiger partial charge in [-0.05, 0) is 38.6 Å². The van der Waals surface area contributed by atoms with Gasteiger partial charge < -0.3 is 21.9 Å². The molecule has 3 atom stereocenters. The van der Waals surface area contributed by atoms with Crippen molar-refractivity contribution in [2.45, 2.75) is 56.8 Å². The number of amides is 1. The first-order valence-electron chi connectivity index (χ1n) is 6.78. The quantitative estimate of drug-likeness (QED) is 0.409. The zero-order valence-electron chi connectivity index (χ0n) is 11.1. The molecule has 2 unspecified atom stereocenters. The normalized spacial score (nSPS) is 23.3. The summed E-state index contributed by atoms with van der Waals surface area (Å²) < 4.78 is 0. The molecule has 7 N–H and O–H groups in total. The number of rotatable bonds is 7.